The number of alkyl halides is 1. The van der Waals surface area contributed by atoms with E-state index < -0.39 is 15.4 Å². The third kappa shape index (κ3) is 4.48. The van der Waals surface area contributed by atoms with Gasteiger partial charge in [0.05, 0.1) is 16.5 Å². The molecule has 0 heterocycles. The van der Waals surface area contributed by atoms with Crippen molar-refractivity contribution in [3.63, 3.8) is 0 Å². The van der Waals surface area contributed by atoms with Crippen LogP contribution in [0.3, 0.4) is 0 Å². The van der Waals surface area contributed by atoms with Crippen LogP contribution >= 0.6 is 11.6 Å². The van der Waals surface area contributed by atoms with Gasteiger partial charge in [-0.25, -0.2) is 8.42 Å². The van der Waals surface area contributed by atoms with Gasteiger partial charge in [0.15, 0.2) is 9.84 Å². The van der Waals surface area contributed by atoms with Crippen molar-refractivity contribution in [1.29, 1.82) is 0 Å². The van der Waals surface area contributed by atoms with Gasteiger partial charge in [0.1, 0.15) is 0 Å². The SMILES string of the molecule is CC(C)S(=O)(=O)CCNC(C)(CCl)c1ccccc1. The predicted octanol–water partition coefficient (Wildman–Crippen LogP) is 2.55. The van der Waals surface area contributed by atoms with Gasteiger partial charge in [-0.15, -0.1) is 11.6 Å². The number of rotatable bonds is 7. The van der Waals surface area contributed by atoms with Crippen LogP contribution in [-0.4, -0.2) is 31.8 Å². The Hall–Kier alpha value is -0.580. The Morgan fingerprint density at radius 3 is 2.32 bits per heavy atom. The van der Waals surface area contributed by atoms with E-state index in [1.165, 1.54) is 0 Å². The van der Waals surface area contributed by atoms with Crippen molar-refractivity contribution in [1.82, 2.24) is 5.32 Å². The lowest BCUT2D eigenvalue weighted by Gasteiger charge is -2.29. The number of hydrogen-bond donors (Lipinski definition) is 1. The van der Waals surface area contributed by atoms with Crippen molar-refractivity contribution >= 4 is 21.4 Å². The molecule has 1 atom stereocenters. The van der Waals surface area contributed by atoms with E-state index in [1.54, 1.807) is 13.8 Å². The summed E-state index contributed by atoms with van der Waals surface area (Å²) in [7, 11) is -3.02. The molecule has 0 aromatic heterocycles. The smallest absolute Gasteiger partial charge is 0.153 e. The minimum atomic E-state index is -3.02. The van der Waals surface area contributed by atoms with Gasteiger partial charge >= 0.3 is 0 Å². The fourth-order valence-electron chi connectivity index (χ4n) is 1.74. The highest BCUT2D eigenvalue weighted by molar-refractivity contribution is 7.92. The van der Waals surface area contributed by atoms with Gasteiger partial charge < -0.3 is 5.32 Å². The highest BCUT2D eigenvalue weighted by atomic mass is 35.5. The minimum Gasteiger partial charge on any atom is -0.306 e. The van der Waals surface area contributed by atoms with Crippen LogP contribution in [-0.2, 0) is 15.4 Å². The third-order valence-corrected chi connectivity index (χ3v) is 6.04. The number of sulfone groups is 1. The van der Waals surface area contributed by atoms with Crippen LogP contribution < -0.4 is 5.32 Å². The molecule has 0 amide bonds. The average molecular weight is 304 g/mol. The first-order valence-electron chi connectivity index (χ1n) is 6.40. The molecule has 0 saturated carbocycles. The van der Waals surface area contributed by atoms with Crippen LogP contribution in [0.1, 0.15) is 26.3 Å². The Balaban J connectivity index is 2.69. The lowest BCUT2D eigenvalue weighted by atomic mass is 9.94. The van der Waals surface area contributed by atoms with E-state index in [0.717, 1.165) is 5.56 Å². The quantitative estimate of drug-likeness (QED) is 0.788. The maximum Gasteiger partial charge on any atom is 0.153 e. The molecular weight excluding hydrogens is 282 g/mol. The maximum atomic E-state index is 11.8. The Morgan fingerprint density at radius 1 is 1.26 bits per heavy atom. The second-order valence-corrected chi connectivity index (χ2v) is 8.12. The second kappa shape index (κ2) is 6.73. The molecule has 0 aliphatic heterocycles. The molecule has 1 aromatic carbocycles. The van der Waals surface area contributed by atoms with E-state index >= 15 is 0 Å². The van der Waals surface area contributed by atoms with Crippen molar-refractivity contribution in [2.24, 2.45) is 0 Å². The van der Waals surface area contributed by atoms with Crippen LogP contribution in [0.15, 0.2) is 30.3 Å². The number of halogens is 1. The molecular formula is C14H22ClNO2S. The zero-order chi connectivity index (χ0) is 14.5. The summed E-state index contributed by atoms with van der Waals surface area (Å²) >= 11 is 6.04. The molecule has 0 fully saturated rings. The molecule has 0 bridgehead atoms. The molecule has 108 valence electrons. The number of benzene rings is 1. The molecule has 1 unspecified atom stereocenters. The molecule has 0 saturated heterocycles. The van der Waals surface area contributed by atoms with Crippen molar-refractivity contribution in [3.8, 4) is 0 Å². The average Bonchev–Trinajstić information content (AvgIpc) is 2.39. The number of hydrogen-bond acceptors (Lipinski definition) is 3. The summed E-state index contributed by atoms with van der Waals surface area (Å²) in [6.45, 7) is 5.79. The topological polar surface area (TPSA) is 46.2 Å². The first-order valence-corrected chi connectivity index (χ1v) is 8.65. The first-order chi connectivity index (χ1) is 8.82. The van der Waals surface area contributed by atoms with Crippen molar-refractivity contribution in [2.45, 2.75) is 31.6 Å². The van der Waals surface area contributed by atoms with E-state index in [2.05, 4.69) is 5.32 Å². The summed E-state index contributed by atoms with van der Waals surface area (Å²) in [4.78, 5) is 0. The van der Waals surface area contributed by atoms with Gasteiger partial charge in [-0.05, 0) is 26.3 Å². The summed E-state index contributed by atoms with van der Waals surface area (Å²) in [5.74, 6) is 0.517. The lowest BCUT2D eigenvalue weighted by molar-refractivity contribution is 0.421. The van der Waals surface area contributed by atoms with Crippen LogP contribution in [0, 0.1) is 0 Å². The van der Waals surface area contributed by atoms with Gasteiger partial charge in [0.25, 0.3) is 0 Å². The zero-order valence-electron chi connectivity index (χ0n) is 11.7. The summed E-state index contributed by atoms with van der Waals surface area (Å²) in [6, 6.07) is 9.83. The Bertz CT molecular complexity index is 487. The molecule has 0 aliphatic rings. The van der Waals surface area contributed by atoms with Crippen LogP contribution in [0.2, 0.25) is 0 Å². The monoisotopic (exact) mass is 303 g/mol. The summed E-state index contributed by atoms with van der Waals surface area (Å²) in [6.07, 6.45) is 0. The van der Waals surface area contributed by atoms with Gasteiger partial charge in [-0.2, -0.15) is 0 Å². The van der Waals surface area contributed by atoms with Gasteiger partial charge in [-0.3, -0.25) is 0 Å². The molecule has 1 aromatic rings. The van der Waals surface area contributed by atoms with E-state index in [9.17, 15) is 8.42 Å². The molecule has 1 rings (SSSR count). The molecule has 19 heavy (non-hydrogen) atoms. The highest BCUT2D eigenvalue weighted by Crippen LogP contribution is 2.21. The predicted molar refractivity (Wildman–Crippen MR) is 81.4 cm³/mol. The normalized spacial score (nSPS) is 15.4. The van der Waals surface area contributed by atoms with Crippen LogP contribution in [0.5, 0.6) is 0 Å². The van der Waals surface area contributed by atoms with Gasteiger partial charge in [-0.1, -0.05) is 30.3 Å². The van der Waals surface area contributed by atoms with E-state index in [0.29, 0.717) is 12.4 Å². The molecule has 1 N–H and O–H groups in total. The third-order valence-electron chi connectivity index (χ3n) is 3.30. The summed E-state index contributed by atoms with van der Waals surface area (Å²) in [5.41, 5.74) is 0.655. The van der Waals surface area contributed by atoms with E-state index in [1.807, 2.05) is 37.3 Å². The van der Waals surface area contributed by atoms with Crippen molar-refractivity contribution < 1.29 is 8.42 Å². The van der Waals surface area contributed by atoms with Crippen molar-refractivity contribution in [2.75, 3.05) is 18.2 Å². The standard InChI is InChI=1S/C14H22ClNO2S/c1-12(2)19(17,18)10-9-16-14(3,11-15)13-7-5-4-6-8-13/h4-8,12,16H,9-11H2,1-3H3. The molecule has 0 spiro atoms. The lowest BCUT2D eigenvalue weighted by Crippen LogP contribution is -2.44. The highest BCUT2D eigenvalue weighted by Gasteiger charge is 2.25. The van der Waals surface area contributed by atoms with Crippen LogP contribution in [0.4, 0.5) is 0 Å². The van der Waals surface area contributed by atoms with Crippen LogP contribution in [0.25, 0.3) is 0 Å². The van der Waals surface area contributed by atoms with Gasteiger partial charge in [0.2, 0.25) is 0 Å². The fraction of sp³-hybridized carbons (Fsp3) is 0.571. The summed E-state index contributed by atoms with van der Waals surface area (Å²) in [5, 5.41) is 2.92. The first kappa shape index (κ1) is 16.5. The molecule has 0 radical (unpaired) electrons. The van der Waals surface area contributed by atoms with E-state index in [4.69, 9.17) is 11.6 Å². The Labute approximate surface area is 121 Å². The second-order valence-electron chi connectivity index (χ2n) is 5.17. The molecule has 3 nitrogen and oxygen atoms in total. The largest absolute Gasteiger partial charge is 0.306 e. The number of nitrogens with one attached hydrogen (secondary N) is 1. The molecule has 0 aliphatic carbocycles. The molecule has 5 heteroatoms. The maximum absolute atomic E-state index is 11.8. The fourth-order valence-corrected chi connectivity index (χ4v) is 2.84. The van der Waals surface area contributed by atoms with Gasteiger partial charge in [0, 0.05) is 12.4 Å². The summed E-state index contributed by atoms with van der Waals surface area (Å²) < 4.78 is 23.5. The Morgan fingerprint density at radius 2 is 1.84 bits per heavy atom. The Kier molecular flexibility index (Phi) is 5.83. The van der Waals surface area contributed by atoms with E-state index in [-0.39, 0.29) is 11.0 Å². The zero-order valence-corrected chi connectivity index (χ0v) is 13.3. The van der Waals surface area contributed by atoms with Crippen molar-refractivity contribution in [3.05, 3.63) is 35.9 Å². The minimum absolute atomic E-state index is 0.129.